The first-order valence-corrected chi connectivity index (χ1v) is 6.84. The summed E-state index contributed by atoms with van der Waals surface area (Å²) in [5.41, 5.74) is 6.01. The van der Waals surface area contributed by atoms with Gasteiger partial charge in [0.05, 0.1) is 10.6 Å². The number of rotatable bonds is 4. The van der Waals surface area contributed by atoms with E-state index in [1.54, 1.807) is 0 Å². The van der Waals surface area contributed by atoms with E-state index in [-0.39, 0.29) is 18.6 Å². The van der Waals surface area contributed by atoms with E-state index >= 15 is 0 Å². The van der Waals surface area contributed by atoms with Crippen molar-refractivity contribution in [1.82, 2.24) is 9.88 Å². The summed E-state index contributed by atoms with van der Waals surface area (Å²) < 4.78 is 0. The predicted molar refractivity (Wildman–Crippen MR) is 74.0 cm³/mol. The molecule has 19 heavy (non-hydrogen) atoms. The van der Waals surface area contributed by atoms with Crippen molar-refractivity contribution in [3.8, 4) is 0 Å². The molecule has 1 unspecified atom stereocenters. The van der Waals surface area contributed by atoms with Gasteiger partial charge in [-0.1, -0.05) is 11.6 Å². The Hall–Kier alpha value is -1.33. The standard InChI is InChI=1S/C13H18ClN3O2/c14-11-8-16-12(15)7-10(11)13(19)17-5-1-3-9(17)4-2-6-18/h7-9,18H,1-6H2,(H2,15,16). The molecule has 2 rings (SSSR count). The number of nitrogen functional groups attached to an aromatic ring is 1. The third kappa shape index (κ3) is 3.16. The average molecular weight is 284 g/mol. The molecule has 1 aromatic heterocycles. The van der Waals surface area contributed by atoms with E-state index in [0.29, 0.717) is 22.8 Å². The number of halogens is 1. The summed E-state index contributed by atoms with van der Waals surface area (Å²) in [5, 5.41) is 9.23. The lowest BCUT2D eigenvalue weighted by Crippen LogP contribution is -2.35. The van der Waals surface area contributed by atoms with Crippen LogP contribution in [0.4, 0.5) is 5.82 Å². The fourth-order valence-electron chi connectivity index (χ4n) is 2.50. The lowest BCUT2D eigenvalue weighted by Gasteiger charge is -2.25. The van der Waals surface area contributed by atoms with Crippen LogP contribution in [-0.2, 0) is 0 Å². The molecule has 1 aromatic rings. The van der Waals surface area contributed by atoms with Crippen LogP contribution in [0, 0.1) is 0 Å². The smallest absolute Gasteiger partial charge is 0.255 e. The molecular weight excluding hydrogens is 266 g/mol. The topological polar surface area (TPSA) is 79.5 Å². The van der Waals surface area contributed by atoms with Crippen LogP contribution in [0.5, 0.6) is 0 Å². The van der Waals surface area contributed by atoms with E-state index in [2.05, 4.69) is 4.98 Å². The molecule has 0 aliphatic carbocycles. The maximum atomic E-state index is 12.5. The Balaban J connectivity index is 2.16. The minimum atomic E-state index is -0.0976. The maximum absolute atomic E-state index is 12.5. The molecule has 1 fully saturated rings. The summed E-state index contributed by atoms with van der Waals surface area (Å²) in [6, 6.07) is 1.71. The van der Waals surface area contributed by atoms with E-state index in [9.17, 15) is 4.79 Å². The number of hydrogen-bond donors (Lipinski definition) is 2. The van der Waals surface area contributed by atoms with Gasteiger partial charge in [-0.05, 0) is 31.7 Å². The van der Waals surface area contributed by atoms with Crippen LogP contribution in [0.2, 0.25) is 5.02 Å². The Bertz CT molecular complexity index is 467. The number of carbonyl (C=O) groups is 1. The van der Waals surface area contributed by atoms with Crippen molar-refractivity contribution in [2.45, 2.75) is 31.7 Å². The highest BCUT2D eigenvalue weighted by atomic mass is 35.5. The first-order chi connectivity index (χ1) is 9.13. The average Bonchev–Trinajstić information content (AvgIpc) is 2.86. The summed E-state index contributed by atoms with van der Waals surface area (Å²) in [4.78, 5) is 18.2. The van der Waals surface area contributed by atoms with Gasteiger partial charge < -0.3 is 15.7 Å². The number of pyridine rings is 1. The molecule has 0 bridgehead atoms. The fraction of sp³-hybridized carbons (Fsp3) is 0.538. The first-order valence-electron chi connectivity index (χ1n) is 6.46. The molecular formula is C13H18ClN3O2. The molecule has 1 atom stereocenters. The second-order valence-corrected chi connectivity index (χ2v) is 5.16. The largest absolute Gasteiger partial charge is 0.396 e. The molecule has 2 heterocycles. The zero-order valence-corrected chi connectivity index (χ0v) is 11.4. The Morgan fingerprint density at radius 3 is 3.16 bits per heavy atom. The number of carbonyl (C=O) groups excluding carboxylic acids is 1. The first kappa shape index (κ1) is 14.1. The van der Waals surface area contributed by atoms with Gasteiger partial charge in [-0.3, -0.25) is 4.79 Å². The zero-order chi connectivity index (χ0) is 13.8. The third-order valence-electron chi connectivity index (χ3n) is 3.44. The molecule has 6 heteroatoms. The summed E-state index contributed by atoms with van der Waals surface area (Å²) in [6.45, 7) is 0.884. The van der Waals surface area contributed by atoms with E-state index in [0.717, 1.165) is 25.8 Å². The second-order valence-electron chi connectivity index (χ2n) is 4.75. The zero-order valence-electron chi connectivity index (χ0n) is 10.7. The number of aliphatic hydroxyl groups is 1. The van der Waals surface area contributed by atoms with E-state index in [1.807, 2.05) is 4.90 Å². The fourth-order valence-corrected chi connectivity index (χ4v) is 2.69. The highest BCUT2D eigenvalue weighted by Gasteiger charge is 2.30. The maximum Gasteiger partial charge on any atom is 0.255 e. The van der Waals surface area contributed by atoms with Crippen molar-refractivity contribution in [1.29, 1.82) is 0 Å². The van der Waals surface area contributed by atoms with Gasteiger partial charge in [0.25, 0.3) is 5.91 Å². The molecule has 0 spiro atoms. The molecule has 3 N–H and O–H groups in total. The van der Waals surface area contributed by atoms with Gasteiger partial charge in [-0.15, -0.1) is 0 Å². The normalized spacial score (nSPS) is 18.8. The van der Waals surface area contributed by atoms with Gasteiger partial charge in [0.15, 0.2) is 0 Å². The highest BCUT2D eigenvalue weighted by molar-refractivity contribution is 6.33. The Morgan fingerprint density at radius 2 is 2.42 bits per heavy atom. The van der Waals surface area contributed by atoms with Gasteiger partial charge in [0.2, 0.25) is 0 Å². The minimum Gasteiger partial charge on any atom is -0.396 e. The van der Waals surface area contributed by atoms with E-state index in [4.69, 9.17) is 22.4 Å². The molecule has 0 aromatic carbocycles. The predicted octanol–water partition coefficient (Wildman–Crippen LogP) is 1.69. The number of likely N-dealkylation sites (tertiary alicyclic amines) is 1. The lowest BCUT2D eigenvalue weighted by molar-refractivity contribution is 0.0724. The third-order valence-corrected chi connectivity index (χ3v) is 3.74. The van der Waals surface area contributed by atoms with Crippen LogP contribution >= 0.6 is 11.6 Å². The number of nitrogens with zero attached hydrogens (tertiary/aromatic N) is 2. The summed E-state index contributed by atoms with van der Waals surface area (Å²) in [7, 11) is 0. The van der Waals surface area contributed by atoms with Crippen molar-refractivity contribution in [3.05, 3.63) is 22.8 Å². The lowest BCUT2D eigenvalue weighted by atomic mass is 10.1. The van der Waals surface area contributed by atoms with Gasteiger partial charge in [-0.2, -0.15) is 0 Å². The van der Waals surface area contributed by atoms with Crippen molar-refractivity contribution in [2.75, 3.05) is 18.9 Å². The number of hydrogen-bond acceptors (Lipinski definition) is 4. The molecule has 0 saturated carbocycles. The van der Waals surface area contributed by atoms with Gasteiger partial charge in [0, 0.05) is 25.4 Å². The quantitative estimate of drug-likeness (QED) is 0.881. The molecule has 104 valence electrons. The highest BCUT2D eigenvalue weighted by Crippen LogP contribution is 2.26. The number of amides is 1. The molecule has 1 amide bonds. The Morgan fingerprint density at radius 1 is 1.63 bits per heavy atom. The van der Waals surface area contributed by atoms with E-state index < -0.39 is 0 Å². The monoisotopic (exact) mass is 283 g/mol. The molecule has 0 radical (unpaired) electrons. The Kier molecular flexibility index (Phi) is 4.61. The number of nitrogens with two attached hydrogens (primary N) is 1. The van der Waals surface area contributed by atoms with Crippen LogP contribution in [0.15, 0.2) is 12.3 Å². The van der Waals surface area contributed by atoms with Gasteiger partial charge >= 0.3 is 0 Å². The van der Waals surface area contributed by atoms with Crippen molar-refractivity contribution in [3.63, 3.8) is 0 Å². The van der Waals surface area contributed by atoms with Gasteiger partial charge in [0.1, 0.15) is 5.82 Å². The summed E-state index contributed by atoms with van der Waals surface area (Å²) in [5.74, 6) is 0.193. The Labute approximate surface area is 117 Å². The molecule has 1 aliphatic rings. The number of aliphatic hydroxyl groups excluding tert-OH is 1. The number of anilines is 1. The van der Waals surface area contributed by atoms with Crippen LogP contribution in [0.25, 0.3) is 0 Å². The van der Waals surface area contributed by atoms with E-state index in [1.165, 1.54) is 12.3 Å². The summed E-state index contributed by atoms with van der Waals surface area (Å²) >= 11 is 6.02. The van der Waals surface area contributed by atoms with Crippen LogP contribution in [0.3, 0.4) is 0 Å². The van der Waals surface area contributed by atoms with Crippen LogP contribution in [0.1, 0.15) is 36.0 Å². The summed E-state index contributed by atoms with van der Waals surface area (Å²) in [6.07, 6.45) is 4.90. The van der Waals surface area contributed by atoms with Crippen LogP contribution < -0.4 is 5.73 Å². The SMILES string of the molecule is Nc1cc(C(=O)N2CCCC2CCCO)c(Cl)cn1. The second kappa shape index (κ2) is 6.21. The minimum absolute atomic E-state index is 0.0976. The molecule has 1 aliphatic heterocycles. The van der Waals surface area contributed by atoms with Crippen molar-refractivity contribution in [2.24, 2.45) is 0 Å². The number of aromatic nitrogens is 1. The van der Waals surface area contributed by atoms with Crippen LogP contribution in [-0.4, -0.2) is 40.1 Å². The van der Waals surface area contributed by atoms with Crippen molar-refractivity contribution >= 4 is 23.3 Å². The van der Waals surface area contributed by atoms with Crippen molar-refractivity contribution < 1.29 is 9.90 Å². The van der Waals surface area contributed by atoms with Gasteiger partial charge in [-0.25, -0.2) is 4.98 Å². The molecule has 5 nitrogen and oxygen atoms in total. The molecule has 1 saturated heterocycles.